The number of nitrogens with zero attached hydrogens (tertiary/aromatic N) is 8. The predicted octanol–water partition coefficient (Wildman–Crippen LogP) is 3.99. The number of anilines is 3. The van der Waals surface area contributed by atoms with Crippen molar-refractivity contribution in [3.8, 4) is 17.2 Å². The quantitative estimate of drug-likeness (QED) is 0.297. The lowest BCUT2D eigenvalue weighted by Crippen LogP contribution is -2.48. The van der Waals surface area contributed by atoms with E-state index in [9.17, 15) is 4.79 Å². The molecule has 208 valence electrons. The Morgan fingerprint density at radius 2 is 1.85 bits per heavy atom. The van der Waals surface area contributed by atoms with Gasteiger partial charge in [-0.2, -0.15) is 0 Å². The fourth-order valence-electron chi connectivity index (χ4n) is 4.82. The summed E-state index contributed by atoms with van der Waals surface area (Å²) in [5.74, 6) is 2.92. The van der Waals surface area contributed by atoms with E-state index >= 15 is 0 Å². The number of ether oxygens (including phenoxy) is 2. The van der Waals surface area contributed by atoms with Crippen LogP contribution in [-0.4, -0.2) is 73.6 Å². The minimum Gasteiger partial charge on any atom is -0.494 e. The molecule has 4 heterocycles. The monoisotopic (exact) mass is 551 g/mol. The van der Waals surface area contributed by atoms with Crippen LogP contribution >= 0.6 is 0 Å². The van der Waals surface area contributed by atoms with Crippen molar-refractivity contribution < 1.29 is 14.3 Å². The molecule has 0 atom stereocenters. The number of methoxy groups -OCH3 is 1. The van der Waals surface area contributed by atoms with Gasteiger partial charge in [-0.25, -0.2) is 24.9 Å². The number of piperazine rings is 1. The van der Waals surface area contributed by atoms with Crippen molar-refractivity contribution in [1.82, 2.24) is 34.4 Å². The third-order valence-electron chi connectivity index (χ3n) is 7.09. The molecule has 1 aliphatic rings. The first-order valence-corrected chi connectivity index (χ1v) is 13.1. The molecule has 0 unspecified atom stereocenters. The van der Waals surface area contributed by atoms with Crippen molar-refractivity contribution in [3.05, 3.63) is 67.4 Å². The fraction of sp³-hybridized carbons (Fsp3) is 0.241. The standard InChI is InChI=1S/C29H29N9O3/c1-5-26(39)37-8-10-38(11-9-37)29-30-15-22-27(35-29)28(32-16-31-22)34-21-12-18(2)24(14-25(21)40-4)41-19-6-7-23-20(13-19)33-17-36(23)3/h5-7,12-17H,1,8-11H2,2-4H3,(H,31,32,34). The highest BCUT2D eigenvalue weighted by Gasteiger charge is 2.22. The molecule has 6 rings (SSSR count). The van der Waals surface area contributed by atoms with Crippen molar-refractivity contribution >= 4 is 45.4 Å². The Morgan fingerprint density at radius 3 is 2.63 bits per heavy atom. The summed E-state index contributed by atoms with van der Waals surface area (Å²) in [5.41, 5.74) is 4.67. The summed E-state index contributed by atoms with van der Waals surface area (Å²) in [6.07, 6.45) is 6.27. The zero-order chi connectivity index (χ0) is 28.5. The predicted molar refractivity (Wildman–Crippen MR) is 156 cm³/mol. The van der Waals surface area contributed by atoms with E-state index in [1.807, 2.05) is 53.8 Å². The van der Waals surface area contributed by atoms with Crippen molar-refractivity contribution in [3.63, 3.8) is 0 Å². The van der Waals surface area contributed by atoms with Gasteiger partial charge < -0.3 is 29.2 Å². The molecule has 0 bridgehead atoms. The van der Waals surface area contributed by atoms with E-state index in [4.69, 9.17) is 14.5 Å². The van der Waals surface area contributed by atoms with E-state index in [0.717, 1.165) is 16.6 Å². The molecule has 1 amide bonds. The number of aromatic nitrogens is 6. The van der Waals surface area contributed by atoms with E-state index in [1.54, 1.807) is 24.5 Å². The lowest BCUT2D eigenvalue weighted by molar-refractivity contribution is -0.126. The number of imidazole rings is 1. The maximum absolute atomic E-state index is 12.0. The SMILES string of the molecule is C=CC(=O)N1CCN(c2ncc3ncnc(Nc4cc(C)c(Oc5ccc6c(c5)ncn6C)cc4OC)c3n2)CC1. The first kappa shape index (κ1) is 26.0. The van der Waals surface area contributed by atoms with Crippen molar-refractivity contribution in [2.75, 3.05) is 43.5 Å². The summed E-state index contributed by atoms with van der Waals surface area (Å²) >= 11 is 0. The Hall–Kier alpha value is -5.26. The van der Waals surface area contributed by atoms with Crippen LogP contribution in [0, 0.1) is 6.92 Å². The molecular formula is C29H29N9O3. The Labute approximate surface area is 236 Å². The van der Waals surface area contributed by atoms with E-state index in [-0.39, 0.29) is 5.91 Å². The van der Waals surface area contributed by atoms with Gasteiger partial charge in [-0.3, -0.25) is 4.79 Å². The molecule has 3 aromatic heterocycles. The molecule has 1 fully saturated rings. The second-order valence-corrected chi connectivity index (χ2v) is 9.69. The highest BCUT2D eigenvalue weighted by atomic mass is 16.5. The van der Waals surface area contributed by atoms with Crippen LogP contribution in [0.2, 0.25) is 0 Å². The summed E-state index contributed by atoms with van der Waals surface area (Å²) in [6.45, 7) is 7.91. The molecule has 1 saturated heterocycles. The zero-order valence-electron chi connectivity index (χ0n) is 23.0. The van der Waals surface area contributed by atoms with Crippen LogP contribution in [0.3, 0.4) is 0 Å². The molecule has 2 aromatic carbocycles. The highest BCUT2D eigenvalue weighted by Crippen LogP contribution is 2.37. The van der Waals surface area contributed by atoms with Crippen LogP contribution in [0.1, 0.15) is 5.56 Å². The third-order valence-corrected chi connectivity index (χ3v) is 7.09. The average Bonchev–Trinajstić information content (AvgIpc) is 3.37. The van der Waals surface area contributed by atoms with Gasteiger partial charge in [-0.05, 0) is 36.8 Å². The fourth-order valence-corrected chi connectivity index (χ4v) is 4.82. The lowest BCUT2D eigenvalue weighted by atomic mass is 10.1. The number of nitrogens with one attached hydrogen (secondary N) is 1. The molecule has 0 spiro atoms. The molecule has 1 N–H and O–H groups in total. The summed E-state index contributed by atoms with van der Waals surface area (Å²) in [6, 6.07) is 9.60. The first-order chi connectivity index (χ1) is 19.9. The van der Waals surface area contributed by atoms with Gasteiger partial charge >= 0.3 is 0 Å². The first-order valence-electron chi connectivity index (χ1n) is 13.1. The van der Waals surface area contributed by atoms with Gasteiger partial charge in [0.05, 0.1) is 36.4 Å². The molecule has 12 heteroatoms. The van der Waals surface area contributed by atoms with Crippen LogP contribution in [-0.2, 0) is 11.8 Å². The van der Waals surface area contributed by atoms with E-state index in [0.29, 0.717) is 71.9 Å². The normalized spacial score (nSPS) is 13.4. The molecule has 41 heavy (non-hydrogen) atoms. The number of carbonyl (C=O) groups excluding carboxylic acids is 1. The van der Waals surface area contributed by atoms with Crippen LogP contribution in [0.5, 0.6) is 17.2 Å². The maximum Gasteiger partial charge on any atom is 0.246 e. The molecule has 12 nitrogen and oxygen atoms in total. The minimum atomic E-state index is -0.0705. The molecule has 0 radical (unpaired) electrons. The number of benzene rings is 2. The number of rotatable bonds is 7. The second kappa shape index (κ2) is 10.7. The second-order valence-electron chi connectivity index (χ2n) is 9.69. The maximum atomic E-state index is 12.0. The molecule has 5 aromatic rings. The zero-order valence-corrected chi connectivity index (χ0v) is 23.0. The number of amides is 1. The summed E-state index contributed by atoms with van der Waals surface area (Å²) in [7, 11) is 3.56. The van der Waals surface area contributed by atoms with Crippen LogP contribution in [0.25, 0.3) is 22.1 Å². The van der Waals surface area contributed by atoms with E-state index in [2.05, 4.69) is 31.8 Å². The van der Waals surface area contributed by atoms with Gasteiger partial charge in [-0.1, -0.05) is 6.58 Å². The Kier molecular flexibility index (Phi) is 6.79. The molecular weight excluding hydrogens is 522 g/mol. The number of hydrogen-bond donors (Lipinski definition) is 1. The molecule has 0 saturated carbocycles. The molecule has 0 aliphatic carbocycles. The van der Waals surface area contributed by atoms with E-state index < -0.39 is 0 Å². The van der Waals surface area contributed by atoms with Gasteiger partial charge in [0.1, 0.15) is 34.6 Å². The Balaban J connectivity index is 1.26. The number of fused-ring (bicyclic) bond motifs is 2. The number of carbonyl (C=O) groups is 1. The topological polar surface area (TPSA) is 123 Å². The third kappa shape index (κ3) is 5.07. The number of hydrogen-bond acceptors (Lipinski definition) is 10. The smallest absolute Gasteiger partial charge is 0.246 e. The van der Waals surface area contributed by atoms with Crippen LogP contribution < -0.4 is 19.7 Å². The largest absolute Gasteiger partial charge is 0.494 e. The van der Waals surface area contributed by atoms with Crippen molar-refractivity contribution in [1.29, 1.82) is 0 Å². The van der Waals surface area contributed by atoms with Crippen LogP contribution in [0.4, 0.5) is 17.5 Å². The average molecular weight is 552 g/mol. The Bertz CT molecular complexity index is 1780. The summed E-state index contributed by atoms with van der Waals surface area (Å²) in [5, 5.41) is 3.37. The van der Waals surface area contributed by atoms with Gasteiger partial charge in [0.2, 0.25) is 11.9 Å². The Morgan fingerprint density at radius 1 is 1.02 bits per heavy atom. The van der Waals surface area contributed by atoms with Crippen molar-refractivity contribution in [2.45, 2.75) is 6.92 Å². The minimum absolute atomic E-state index is 0.0705. The molecule has 1 aliphatic heterocycles. The summed E-state index contributed by atoms with van der Waals surface area (Å²) < 4.78 is 13.9. The highest BCUT2D eigenvalue weighted by molar-refractivity contribution is 5.88. The van der Waals surface area contributed by atoms with Gasteiger partial charge in [0, 0.05) is 45.4 Å². The van der Waals surface area contributed by atoms with Crippen LogP contribution in [0.15, 0.2) is 61.8 Å². The van der Waals surface area contributed by atoms with E-state index in [1.165, 1.54) is 12.4 Å². The summed E-state index contributed by atoms with van der Waals surface area (Å²) in [4.78, 5) is 38.3. The van der Waals surface area contributed by atoms with Gasteiger partial charge in [-0.15, -0.1) is 0 Å². The van der Waals surface area contributed by atoms with Gasteiger partial charge in [0.15, 0.2) is 5.82 Å². The number of aryl methyl sites for hydroxylation is 2. The van der Waals surface area contributed by atoms with Gasteiger partial charge in [0.25, 0.3) is 0 Å². The lowest BCUT2D eigenvalue weighted by Gasteiger charge is -2.34. The van der Waals surface area contributed by atoms with Crippen molar-refractivity contribution in [2.24, 2.45) is 7.05 Å².